The van der Waals surface area contributed by atoms with Crippen molar-refractivity contribution in [2.75, 3.05) is 5.73 Å². The zero-order valence-corrected chi connectivity index (χ0v) is 9.23. The zero-order valence-electron chi connectivity index (χ0n) is 9.23. The number of nitrogen functional groups attached to an aromatic ring is 1. The zero-order chi connectivity index (χ0) is 11.3. The van der Waals surface area contributed by atoms with E-state index in [-0.39, 0.29) is 0 Å². The molecule has 2 heterocycles. The van der Waals surface area contributed by atoms with E-state index in [2.05, 4.69) is 35.1 Å². The molecule has 0 bridgehead atoms. The molecule has 3 rings (SSSR count). The summed E-state index contributed by atoms with van der Waals surface area (Å²) in [5.74, 6) is 0.543. The minimum Gasteiger partial charge on any atom is -0.383 e. The molecule has 0 unspecified atom stereocenters. The number of anilines is 1. The normalized spacial score (nSPS) is 11.4. The van der Waals surface area contributed by atoms with Gasteiger partial charge >= 0.3 is 0 Å². The molecular weight excluding hydrogens is 200 g/mol. The Morgan fingerprint density at radius 2 is 2.06 bits per heavy atom. The van der Waals surface area contributed by atoms with Crippen LogP contribution in [0.2, 0.25) is 0 Å². The van der Waals surface area contributed by atoms with Gasteiger partial charge in [-0.15, -0.1) is 0 Å². The topological polar surface area (TPSA) is 56.7 Å². The summed E-state index contributed by atoms with van der Waals surface area (Å²) in [4.78, 5) is 8.33. The molecule has 4 nitrogen and oxygen atoms in total. The predicted octanol–water partition coefficient (Wildman–Crippen LogP) is 2.01. The number of hydrogen-bond acceptors (Lipinski definition) is 3. The van der Waals surface area contributed by atoms with Crippen molar-refractivity contribution >= 4 is 27.8 Å². The summed E-state index contributed by atoms with van der Waals surface area (Å²) >= 11 is 0. The molecule has 0 aliphatic heterocycles. The summed E-state index contributed by atoms with van der Waals surface area (Å²) in [6.07, 6.45) is 1.50. The van der Waals surface area contributed by atoms with E-state index >= 15 is 0 Å². The van der Waals surface area contributed by atoms with Crippen molar-refractivity contribution in [3.05, 3.63) is 30.1 Å². The van der Waals surface area contributed by atoms with Crippen molar-refractivity contribution in [3.63, 3.8) is 0 Å². The molecule has 0 amide bonds. The number of nitrogens with zero attached hydrogens (tertiary/aromatic N) is 3. The third kappa shape index (κ3) is 1.04. The second kappa shape index (κ2) is 2.95. The van der Waals surface area contributed by atoms with Crippen LogP contribution in [-0.4, -0.2) is 14.5 Å². The second-order valence-electron chi connectivity index (χ2n) is 4.04. The van der Waals surface area contributed by atoms with Crippen LogP contribution >= 0.6 is 0 Å². The molecule has 16 heavy (non-hydrogen) atoms. The summed E-state index contributed by atoms with van der Waals surface area (Å²) in [6.45, 7) is 2.07. The standard InChI is InChI=1S/C12H12N4/c1-7-3-4-9-8(5-7)10-11(13)14-6-15-12(10)16(9)2/h3-6H,1-2H3,(H2,13,14,15). The lowest BCUT2D eigenvalue weighted by Crippen LogP contribution is -1.94. The van der Waals surface area contributed by atoms with Crippen LogP contribution in [-0.2, 0) is 7.05 Å². The van der Waals surface area contributed by atoms with Crippen molar-refractivity contribution in [2.45, 2.75) is 6.92 Å². The molecule has 4 heteroatoms. The first-order chi connectivity index (χ1) is 7.68. The van der Waals surface area contributed by atoms with Crippen molar-refractivity contribution in [3.8, 4) is 0 Å². The number of aryl methyl sites for hydroxylation is 2. The molecule has 2 aromatic heterocycles. The quantitative estimate of drug-likeness (QED) is 0.620. The summed E-state index contributed by atoms with van der Waals surface area (Å²) in [6, 6.07) is 6.30. The Morgan fingerprint density at radius 1 is 1.25 bits per heavy atom. The van der Waals surface area contributed by atoms with E-state index in [1.54, 1.807) is 0 Å². The summed E-state index contributed by atoms with van der Waals surface area (Å²) in [5.41, 5.74) is 9.15. The maximum atomic E-state index is 5.92. The van der Waals surface area contributed by atoms with Gasteiger partial charge in [0.05, 0.1) is 10.9 Å². The lowest BCUT2D eigenvalue weighted by molar-refractivity contribution is 0.983. The molecule has 0 spiro atoms. The van der Waals surface area contributed by atoms with Gasteiger partial charge in [-0.3, -0.25) is 0 Å². The van der Waals surface area contributed by atoms with Gasteiger partial charge in [0.25, 0.3) is 0 Å². The van der Waals surface area contributed by atoms with Crippen LogP contribution in [0.4, 0.5) is 5.82 Å². The SMILES string of the molecule is Cc1ccc2c(c1)c1c(N)ncnc1n2C. The van der Waals surface area contributed by atoms with Gasteiger partial charge in [0.2, 0.25) is 0 Å². The van der Waals surface area contributed by atoms with Crippen LogP contribution in [0.5, 0.6) is 0 Å². The molecule has 0 saturated heterocycles. The van der Waals surface area contributed by atoms with Crippen molar-refractivity contribution in [1.29, 1.82) is 0 Å². The Hall–Kier alpha value is -2.10. The average molecular weight is 212 g/mol. The molecule has 1 aromatic carbocycles. The van der Waals surface area contributed by atoms with Gasteiger partial charge in [-0.25, -0.2) is 9.97 Å². The molecule has 80 valence electrons. The number of nitrogens with two attached hydrogens (primary N) is 1. The molecule has 3 aromatic rings. The van der Waals surface area contributed by atoms with Gasteiger partial charge in [-0.2, -0.15) is 0 Å². The van der Waals surface area contributed by atoms with Crippen molar-refractivity contribution in [2.24, 2.45) is 7.05 Å². The third-order valence-electron chi connectivity index (χ3n) is 2.96. The third-order valence-corrected chi connectivity index (χ3v) is 2.96. The van der Waals surface area contributed by atoms with Crippen LogP contribution in [0.15, 0.2) is 24.5 Å². The Morgan fingerprint density at radius 3 is 2.88 bits per heavy atom. The Bertz CT molecular complexity index is 697. The van der Waals surface area contributed by atoms with E-state index in [4.69, 9.17) is 5.73 Å². The van der Waals surface area contributed by atoms with Crippen LogP contribution < -0.4 is 5.73 Å². The van der Waals surface area contributed by atoms with E-state index in [0.717, 1.165) is 21.9 Å². The summed E-state index contributed by atoms with van der Waals surface area (Å²) in [7, 11) is 1.99. The van der Waals surface area contributed by atoms with Gasteiger partial charge < -0.3 is 10.3 Å². The number of fused-ring (bicyclic) bond motifs is 3. The molecule has 0 radical (unpaired) electrons. The molecule has 0 aliphatic rings. The van der Waals surface area contributed by atoms with E-state index in [1.165, 1.54) is 11.9 Å². The van der Waals surface area contributed by atoms with Crippen LogP contribution in [0, 0.1) is 6.92 Å². The fourth-order valence-corrected chi connectivity index (χ4v) is 2.16. The first-order valence-electron chi connectivity index (χ1n) is 5.13. The Balaban J connectivity index is 2.66. The smallest absolute Gasteiger partial charge is 0.146 e. The highest BCUT2D eigenvalue weighted by molar-refractivity contribution is 6.11. The van der Waals surface area contributed by atoms with E-state index in [0.29, 0.717) is 5.82 Å². The van der Waals surface area contributed by atoms with E-state index in [9.17, 15) is 0 Å². The van der Waals surface area contributed by atoms with Gasteiger partial charge in [0, 0.05) is 12.4 Å². The minimum absolute atomic E-state index is 0.543. The first-order valence-corrected chi connectivity index (χ1v) is 5.13. The lowest BCUT2D eigenvalue weighted by atomic mass is 10.1. The largest absolute Gasteiger partial charge is 0.383 e. The van der Waals surface area contributed by atoms with Gasteiger partial charge in [0.1, 0.15) is 17.8 Å². The van der Waals surface area contributed by atoms with Crippen LogP contribution in [0.1, 0.15) is 5.56 Å². The number of rotatable bonds is 0. The number of aromatic nitrogens is 3. The van der Waals surface area contributed by atoms with Crippen LogP contribution in [0.3, 0.4) is 0 Å². The maximum absolute atomic E-state index is 5.92. The van der Waals surface area contributed by atoms with Gasteiger partial charge in [-0.05, 0) is 19.1 Å². The van der Waals surface area contributed by atoms with E-state index in [1.807, 2.05) is 11.6 Å². The average Bonchev–Trinajstić information content (AvgIpc) is 2.54. The monoisotopic (exact) mass is 212 g/mol. The summed E-state index contributed by atoms with van der Waals surface area (Å²) in [5, 5.41) is 2.07. The molecular formula is C12H12N4. The molecule has 0 atom stereocenters. The van der Waals surface area contributed by atoms with Gasteiger partial charge in [0.15, 0.2) is 0 Å². The number of benzene rings is 1. The van der Waals surface area contributed by atoms with Crippen LogP contribution in [0.25, 0.3) is 21.9 Å². The predicted molar refractivity (Wildman–Crippen MR) is 65.2 cm³/mol. The minimum atomic E-state index is 0.543. The fourth-order valence-electron chi connectivity index (χ4n) is 2.16. The highest BCUT2D eigenvalue weighted by Crippen LogP contribution is 2.30. The maximum Gasteiger partial charge on any atom is 0.146 e. The first kappa shape index (κ1) is 9.15. The second-order valence-corrected chi connectivity index (χ2v) is 4.04. The molecule has 0 saturated carbocycles. The number of hydrogen-bond donors (Lipinski definition) is 1. The fraction of sp³-hybridized carbons (Fsp3) is 0.167. The van der Waals surface area contributed by atoms with Gasteiger partial charge in [-0.1, -0.05) is 11.6 Å². The van der Waals surface area contributed by atoms with E-state index < -0.39 is 0 Å². The Labute approximate surface area is 92.7 Å². The summed E-state index contributed by atoms with van der Waals surface area (Å²) < 4.78 is 2.04. The molecule has 0 aliphatic carbocycles. The highest BCUT2D eigenvalue weighted by Gasteiger charge is 2.11. The Kier molecular flexibility index (Phi) is 1.68. The molecule has 2 N–H and O–H groups in total. The molecule has 0 fully saturated rings. The van der Waals surface area contributed by atoms with Crippen molar-refractivity contribution in [1.82, 2.24) is 14.5 Å². The highest BCUT2D eigenvalue weighted by atomic mass is 15.0. The lowest BCUT2D eigenvalue weighted by Gasteiger charge is -1.96. The van der Waals surface area contributed by atoms with Crippen molar-refractivity contribution < 1.29 is 0 Å².